The van der Waals surface area contributed by atoms with Gasteiger partial charge in [-0.15, -0.1) is 0 Å². The number of benzene rings is 1. The number of amides is 1. The quantitative estimate of drug-likeness (QED) is 0.871. The van der Waals surface area contributed by atoms with Crippen molar-refractivity contribution in [2.75, 3.05) is 12.4 Å². The molecule has 1 heterocycles. The van der Waals surface area contributed by atoms with E-state index in [-0.39, 0.29) is 23.0 Å². The third-order valence-electron chi connectivity index (χ3n) is 2.70. The van der Waals surface area contributed by atoms with Gasteiger partial charge in [0.05, 0.1) is 13.5 Å². The summed E-state index contributed by atoms with van der Waals surface area (Å²) in [4.78, 5) is 11.7. The summed E-state index contributed by atoms with van der Waals surface area (Å²) in [5.41, 5.74) is 1.25. The van der Waals surface area contributed by atoms with Crippen molar-refractivity contribution in [3.05, 3.63) is 40.6 Å². The molecule has 6 nitrogen and oxygen atoms in total. The van der Waals surface area contributed by atoms with Crippen molar-refractivity contribution in [3.63, 3.8) is 0 Å². The van der Waals surface area contributed by atoms with E-state index in [1.807, 2.05) is 16.8 Å². The van der Waals surface area contributed by atoms with E-state index in [1.165, 1.54) is 30.6 Å². The summed E-state index contributed by atoms with van der Waals surface area (Å²) in [5.74, 6) is -0.104. The van der Waals surface area contributed by atoms with Crippen LogP contribution in [0.4, 0.5) is 5.69 Å². The van der Waals surface area contributed by atoms with Gasteiger partial charge >= 0.3 is 0 Å². The Hall–Kier alpha value is -1.90. The second-order valence-corrected chi connectivity index (χ2v) is 6.58. The number of rotatable bonds is 5. The summed E-state index contributed by atoms with van der Waals surface area (Å²) < 4.78 is 27.9. The fourth-order valence-corrected chi connectivity index (χ4v) is 3.15. The van der Waals surface area contributed by atoms with Crippen LogP contribution in [0, 0.1) is 0 Å². The number of methoxy groups -OCH3 is 1. The van der Waals surface area contributed by atoms with Gasteiger partial charge in [0.25, 0.3) is 0 Å². The highest BCUT2D eigenvalue weighted by atomic mass is 32.2. The van der Waals surface area contributed by atoms with E-state index in [1.54, 1.807) is 6.07 Å². The number of ether oxygens (including phenoxy) is 1. The van der Waals surface area contributed by atoms with Gasteiger partial charge in [-0.3, -0.25) is 4.79 Å². The van der Waals surface area contributed by atoms with Gasteiger partial charge in [-0.1, -0.05) is 0 Å². The maximum absolute atomic E-state index is 11.9. The average Bonchev–Trinajstić information content (AvgIpc) is 2.90. The molecule has 0 saturated heterocycles. The predicted molar refractivity (Wildman–Crippen MR) is 81.0 cm³/mol. The van der Waals surface area contributed by atoms with Crippen LogP contribution in [0.2, 0.25) is 0 Å². The summed E-state index contributed by atoms with van der Waals surface area (Å²) in [6.07, 6.45) is 0.222. The maximum Gasteiger partial charge on any atom is 0.241 e. The minimum absolute atomic E-state index is 0.133. The fraction of sp³-hybridized carbons (Fsp3) is 0.154. The van der Waals surface area contributed by atoms with Crippen molar-refractivity contribution in [1.29, 1.82) is 0 Å². The first-order valence-corrected chi connectivity index (χ1v) is 8.41. The smallest absolute Gasteiger partial charge is 0.241 e. The number of hydrogen-bond donors (Lipinski definition) is 2. The minimum Gasteiger partial charge on any atom is -0.495 e. The Bertz CT molecular complexity index is 740. The molecule has 2 rings (SSSR count). The lowest BCUT2D eigenvalue weighted by Crippen LogP contribution is -2.16. The lowest BCUT2D eigenvalue weighted by molar-refractivity contribution is -0.115. The lowest BCUT2D eigenvalue weighted by atomic mass is 10.2. The van der Waals surface area contributed by atoms with Gasteiger partial charge in [-0.25, -0.2) is 13.6 Å². The number of sulfonamides is 1. The summed E-state index contributed by atoms with van der Waals surface area (Å²) in [6.45, 7) is 0. The zero-order chi connectivity index (χ0) is 15.5. The van der Waals surface area contributed by atoms with Crippen molar-refractivity contribution in [2.24, 2.45) is 5.14 Å². The van der Waals surface area contributed by atoms with Gasteiger partial charge in [-0.2, -0.15) is 11.3 Å². The first kappa shape index (κ1) is 15.5. The Morgan fingerprint density at radius 3 is 2.71 bits per heavy atom. The summed E-state index contributed by atoms with van der Waals surface area (Å²) in [5, 5.41) is 11.5. The van der Waals surface area contributed by atoms with Gasteiger partial charge in [0.1, 0.15) is 10.6 Å². The molecule has 112 valence electrons. The summed E-state index contributed by atoms with van der Waals surface area (Å²) in [6, 6.07) is 6.13. The minimum atomic E-state index is -3.93. The number of anilines is 1. The molecule has 0 aliphatic rings. The second-order valence-electron chi connectivity index (χ2n) is 4.27. The Kier molecular flexibility index (Phi) is 4.61. The number of nitrogens with one attached hydrogen (secondary N) is 1. The molecule has 21 heavy (non-hydrogen) atoms. The van der Waals surface area contributed by atoms with E-state index in [4.69, 9.17) is 9.88 Å². The topological polar surface area (TPSA) is 98.5 Å². The zero-order valence-corrected chi connectivity index (χ0v) is 12.8. The number of hydrogen-bond acceptors (Lipinski definition) is 5. The van der Waals surface area contributed by atoms with Crippen LogP contribution in [0.1, 0.15) is 5.56 Å². The molecule has 0 aliphatic heterocycles. The van der Waals surface area contributed by atoms with Crippen LogP contribution in [0.25, 0.3) is 0 Å². The highest BCUT2D eigenvalue weighted by Crippen LogP contribution is 2.26. The normalized spacial score (nSPS) is 11.1. The Labute approximate surface area is 126 Å². The van der Waals surface area contributed by atoms with Crippen molar-refractivity contribution in [2.45, 2.75) is 11.3 Å². The summed E-state index contributed by atoms with van der Waals surface area (Å²) >= 11 is 1.51. The van der Waals surface area contributed by atoms with E-state index in [0.717, 1.165) is 5.56 Å². The van der Waals surface area contributed by atoms with Crippen LogP contribution in [0.15, 0.2) is 39.9 Å². The first-order chi connectivity index (χ1) is 9.90. The van der Waals surface area contributed by atoms with Gasteiger partial charge in [0, 0.05) is 5.69 Å². The number of carbonyl (C=O) groups is 1. The lowest BCUT2D eigenvalue weighted by Gasteiger charge is -2.10. The van der Waals surface area contributed by atoms with Crippen LogP contribution in [-0.2, 0) is 21.2 Å². The highest BCUT2D eigenvalue weighted by molar-refractivity contribution is 7.89. The number of nitrogens with two attached hydrogens (primary N) is 1. The molecule has 0 spiro atoms. The standard InChI is InChI=1S/C13H14N2O4S2/c1-19-11-3-2-10(7-12(11)21(14,17)18)15-13(16)6-9-4-5-20-8-9/h2-5,7-8H,6H2,1H3,(H,15,16)(H2,14,17,18). The monoisotopic (exact) mass is 326 g/mol. The SMILES string of the molecule is COc1ccc(NC(=O)Cc2ccsc2)cc1S(N)(=O)=O. The van der Waals surface area contributed by atoms with Crippen LogP contribution < -0.4 is 15.2 Å². The fourth-order valence-electron chi connectivity index (χ4n) is 1.76. The molecule has 0 saturated carbocycles. The van der Waals surface area contributed by atoms with E-state index >= 15 is 0 Å². The van der Waals surface area contributed by atoms with E-state index in [0.29, 0.717) is 5.69 Å². The molecule has 2 aromatic rings. The number of thiophene rings is 1. The van der Waals surface area contributed by atoms with Crippen LogP contribution >= 0.6 is 11.3 Å². The van der Waals surface area contributed by atoms with Crippen LogP contribution in [0.3, 0.4) is 0 Å². The molecular formula is C13H14N2O4S2. The molecule has 1 aromatic heterocycles. The third-order valence-corrected chi connectivity index (χ3v) is 4.36. The van der Waals surface area contributed by atoms with E-state index in [9.17, 15) is 13.2 Å². The molecule has 1 aromatic carbocycles. The molecule has 0 unspecified atom stereocenters. The van der Waals surface area contributed by atoms with E-state index in [2.05, 4.69) is 5.32 Å². The molecule has 8 heteroatoms. The number of primary sulfonamides is 1. The Morgan fingerprint density at radius 1 is 1.38 bits per heavy atom. The van der Waals surface area contributed by atoms with Gasteiger partial charge in [-0.05, 0) is 40.6 Å². The largest absolute Gasteiger partial charge is 0.495 e. The van der Waals surface area contributed by atoms with Crippen molar-refractivity contribution in [1.82, 2.24) is 0 Å². The molecule has 3 N–H and O–H groups in total. The van der Waals surface area contributed by atoms with Gasteiger partial charge < -0.3 is 10.1 Å². The molecule has 0 bridgehead atoms. The zero-order valence-electron chi connectivity index (χ0n) is 11.2. The second kappa shape index (κ2) is 6.25. The van der Waals surface area contributed by atoms with E-state index < -0.39 is 10.0 Å². The Balaban J connectivity index is 2.19. The number of carbonyl (C=O) groups excluding carboxylic acids is 1. The molecule has 0 fully saturated rings. The molecule has 0 aliphatic carbocycles. The van der Waals surface area contributed by atoms with Crippen molar-refractivity contribution >= 4 is 33.0 Å². The Morgan fingerprint density at radius 2 is 2.14 bits per heavy atom. The van der Waals surface area contributed by atoms with Crippen molar-refractivity contribution in [3.8, 4) is 5.75 Å². The molecule has 0 radical (unpaired) electrons. The van der Waals surface area contributed by atoms with Crippen LogP contribution in [0.5, 0.6) is 5.75 Å². The van der Waals surface area contributed by atoms with Crippen LogP contribution in [-0.4, -0.2) is 21.4 Å². The predicted octanol–water partition coefficient (Wildman–Crippen LogP) is 1.59. The highest BCUT2D eigenvalue weighted by Gasteiger charge is 2.16. The third kappa shape index (κ3) is 4.03. The van der Waals surface area contributed by atoms with Gasteiger partial charge in [0.2, 0.25) is 15.9 Å². The van der Waals surface area contributed by atoms with Gasteiger partial charge in [0.15, 0.2) is 0 Å². The molecule has 0 atom stereocenters. The first-order valence-electron chi connectivity index (χ1n) is 5.92. The van der Waals surface area contributed by atoms with Crippen molar-refractivity contribution < 1.29 is 17.9 Å². The summed E-state index contributed by atoms with van der Waals surface area (Å²) in [7, 11) is -2.58. The average molecular weight is 326 g/mol. The molecule has 1 amide bonds. The maximum atomic E-state index is 11.9. The molecular weight excluding hydrogens is 312 g/mol.